The Labute approximate surface area is 134 Å². The van der Waals surface area contributed by atoms with Crippen molar-refractivity contribution in [1.82, 2.24) is 14.3 Å². The normalized spacial score (nSPS) is 13.3. The van der Waals surface area contributed by atoms with Gasteiger partial charge in [-0.1, -0.05) is 18.5 Å². The summed E-state index contributed by atoms with van der Waals surface area (Å²) in [6.07, 6.45) is -6.87. The van der Waals surface area contributed by atoms with Gasteiger partial charge in [-0.3, -0.25) is 4.57 Å². The molecule has 2 aromatic rings. The number of halogens is 4. The number of aromatic nitrogens is 3. The van der Waals surface area contributed by atoms with Crippen LogP contribution in [0.15, 0.2) is 29.1 Å². The van der Waals surface area contributed by atoms with E-state index in [-0.39, 0.29) is 12.4 Å². The molecule has 0 saturated heterocycles. The van der Waals surface area contributed by atoms with Gasteiger partial charge in [-0.25, -0.2) is 9.48 Å². The molecule has 0 aliphatic heterocycles. The van der Waals surface area contributed by atoms with Crippen molar-refractivity contribution in [3.8, 4) is 11.4 Å². The fraction of sp³-hybridized carbons (Fsp3) is 0.429. The average Bonchev–Trinajstić information content (AvgIpc) is 2.77. The van der Waals surface area contributed by atoms with Gasteiger partial charge in [-0.15, -0.1) is 5.10 Å². The number of aliphatic hydroxyl groups excluding tert-OH is 1. The Bertz CT molecular complexity index is 722. The van der Waals surface area contributed by atoms with E-state index in [1.165, 1.54) is 0 Å². The van der Waals surface area contributed by atoms with Gasteiger partial charge in [-0.2, -0.15) is 13.2 Å². The molecule has 0 aliphatic carbocycles. The zero-order valence-corrected chi connectivity index (χ0v) is 13.0. The Balaban J connectivity index is 2.50. The van der Waals surface area contributed by atoms with E-state index in [0.717, 1.165) is 9.25 Å². The van der Waals surface area contributed by atoms with Crippen molar-refractivity contribution in [2.75, 3.05) is 0 Å². The number of aryl methyl sites for hydroxylation is 1. The van der Waals surface area contributed by atoms with E-state index in [4.69, 9.17) is 11.6 Å². The minimum absolute atomic E-state index is 0.0587. The Kier molecular flexibility index (Phi) is 5.16. The molecule has 9 heteroatoms. The number of hydrogen-bond donors (Lipinski definition) is 1. The third kappa shape index (κ3) is 3.94. The van der Waals surface area contributed by atoms with Gasteiger partial charge in [0.1, 0.15) is 0 Å². The standard InChI is InChI=1S/C14H15ClF3N3O2/c1-2-7-21-13(23)20(8-11(22)14(16,17)18)12(19-21)9-3-5-10(15)6-4-9/h3-6,11,22H,2,7-8H2,1H3/t11-/m0/s1. The van der Waals surface area contributed by atoms with E-state index in [0.29, 0.717) is 17.0 Å². The molecule has 0 radical (unpaired) electrons. The van der Waals surface area contributed by atoms with Gasteiger partial charge in [-0.05, 0) is 30.7 Å². The maximum Gasteiger partial charge on any atom is 0.416 e. The highest BCUT2D eigenvalue weighted by Gasteiger charge is 2.39. The van der Waals surface area contributed by atoms with Crippen molar-refractivity contribution < 1.29 is 18.3 Å². The highest BCUT2D eigenvalue weighted by molar-refractivity contribution is 6.30. The van der Waals surface area contributed by atoms with E-state index >= 15 is 0 Å². The Morgan fingerprint density at radius 1 is 1.30 bits per heavy atom. The van der Waals surface area contributed by atoms with Crippen molar-refractivity contribution in [3.63, 3.8) is 0 Å². The lowest BCUT2D eigenvalue weighted by atomic mass is 10.2. The van der Waals surface area contributed by atoms with E-state index in [2.05, 4.69) is 5.10 Å². The lowest BCUT2D eigenvalue weighted by molar-refractivity contribution is -0.207. The quantitative estimate of drug-likeness (QED) is 0.903. The Morgan fingerprint density at radius 2 is 1.91 bits per heavy atom. The van der Waals surface area contributed by atoms with E-state index < -0.39 is 24.5 Å². The SMILES string of the molecule is CCCn1nc(-c2ccc(Cl)cc2)n(C[C@H](O)C(F)(F)F)c1=O. The summed E-state index contributed by atoms with van der Waals surface area (Å²) in [7, 11) is 0. The Hall–Kier alpha value is -1.80. The summed E-state index contributed by atoms with van der Waals surface area (Å²) < 4.78 is 39.7. The third-order valence-corrected chi connectivity index (χ3v) is 3.45. The van der Waals surface area contributed by atoms with Gasteiger partial charge >= 0.3 is 11.9 Å². The summed E-state index contributed by atoms with van der Waals surface area (Å²) >= 11 is 5.79. The largest absolute Gasteiger partial charge is 0.416 e. The van der Waals surface area contributed by atoms with Crippen LogP contribution < -0.4 is 5.69 Å². The van der Waals surface area contributed by atoms with Gasteiger partial charge in [0.25, 0.3) is 0 Å². The monoisotopic (exact) mass is 349 g/mol. The molecule has 0 aliphatic rings. The van der Waals surface area contributed by atoms with Gasteiger partial charge in [0.2, 0.25) is 0 Å². The van der Waals surface area contributed by atoms with Crippen molar-refractivity contribution in [1.29, 1.82) is 0 Å². The van der Waals surface area contributed by atoms with Crippen LogP contribution in [0.1, 0.15) is 13.3 Å². The topological polar surface area (TPSA) is 60.1 Å². The highest BCUT2D eigenvalue weighted by Crippen LogP contribution is 2.24. The fourth-order valence-electron chi connectivity index (χ4n) is 2.05. The predicted molar refractivity (Wildman–Crippen MR) is 79.3 cm³/mol. The third-order valence-electron chi connectivity index (χ3n) is 3.19. The second-order valence-electron chi connectivity index (χ2n) is 5.00. The number of benzene rings is 1. The first kappa shape index (κ1) is 17.6. The molecule has 0 fully saturated rings. The maximum atomic E-state index is 12.6. The van der Waals surface area contributed by atoms with E-state index in [9.17, 15) is 23.1 Å². The molecule has 5 nitrogen and oxygen atoms in total. The van der Waals surface area contributed by atoms with Gasteiger partial charge in [0.15, 0.2) is 11.9 Å². The molecule has 23 heavy (non-hydrogen) atoms. The second kappa shape index (κ2) is 6.76. The van der Waals surface area contributed by atoms with Crippen molar-refractivity contribution >= 4 is 11.6 Å². The lowest BCUT2D eigenvalue weighted by Gasteiger charge is -2.15. The molecule has 126 valence electrons. The van der Waals surface area contributed by atoms with Crippen molar-refractivity contribution in [2.24, 2.45) is 0 Å². The van der Waals surface area contributed by atoms with Crippen LogP contribution in [-0.4, -0.2) is 31.7 Å². The second-order valence-corrected chi connectivity index (χ2v) is 5.44. The molecule has 1 aromatic carbocycles. The fourth-order valence-corrected chi connectivity index (χ4v) is 2.18. The number of nitrogens with zero attached hydrogens (tertiary/aromatic N) is 3. The van der Waals surface area contributed by atoms with Crippen LogP contribution in [0, 0.1) is 0 Å². The number of alkyl halides is 3. The molecule has 1 N–H and O–H groups in total. The van der Waals surface area contributed by atoms with Crippen LogP contribution in [0.5, 0.6) is 0 Å². The number of hydrogen-bond acceptors (Lipinski definition) is 3. The number of rotatable bonds is 5. The molecular weight excluding hydrogens is 335 g/mol. The Morgan fingerprint density at radius 3 is 2.43 bits per heavy atom. The van der Waals surface area contributed by atoms with Gasteiger partial charge in [0.05, 0.1) is 6.54 Å². The van der Waals surface area contributed by atoms with E-state index in [1.807, 2.05) is 6.92 Å². The van der Waals surface area contributed by atoms with Gasteiger partial charge in [0, 0.05) is 17.1 Å². The highest BCUT2D eigenvalue weighted by atomic mass is 35.5. The molecule has 0 bridgehead atoms. The first-order valence-electron chi connectivity index (χ1n) is 6.92. The minimum Gasteiger partial charge on any atom is -0.382 e. The van der Waals surface area contributed by atoms with Gasteiger partial charge < -0.3 is 5.11 Å². The maximum absolute atomic E-state index is 12.6. The molecule has 0 saturated carbocycles. The predicted octanol–water partition coefficient (Wildman–Crippen LogP) is 2.70. The van der Waals surface area contributed by atoms with Crippen molar-refractivity contribution in [2.45, 2.75) is 38.7 Å². The van der Waals surface area contributed by atoms with Crippen LogP contribution in [0.2, 0.25) is 5.02 Å². The average molecular weight is 350 g/mol. The number of aliphatic hydroxyl groups is 1. The molecule has 0 spiro atoms. The van der Waals surface area contributed by atoms with Crippen LogP contribution in [0.25, 0.3) is 11.4 Å². The first-order valence-corrected chi connectivity index (χ1v) is 7.30. The lowest BCUT2D eigenvalue weighted by Crippen LogP contribution is -2.37. The molecule has 0 amide bonds. The zero-order chi connectivity index (χ0) is 17.2. The molecule has 1 aromatic heterocycles. The van der Waals surface area contributed by atoms with Crippen LogP contribution >= 0.6 is 11.6 Å². The summed E-state index contributed by atoms with van der Waals surface area (Å²) in [4.78, 5) is 12.2. The molecule has 2 rings (SSSR count). The minimum atomic E-state index is -4.82. The zero-order valence-electron chi connectivity index (χ0n) is 12.2. The molecule has 0 unspecified atom stereocenters. The summed E-state index contributed by atoms with van der Waals surface area (Å²) in [5, 5.41) is 13.8. The molecular formula is C14H15ClF3N3O2. The summed E-state index contributed by atoms with van der Waals surface area (Å²) in [6, 6.07) is 6.20. The van der Waals surface area contributed by atoms with E-state index in [1.54, 1.807) is 24.3 Å². The molecule has 1 heterocycles. The first-order chi connectivity index (χ1) is 10.7. The van der Waals surface area contributed by atoms with Crippen LogP contribution in [0.3, 0.4) is 0 Å². The smallest absolute Gasteiger partial charge is 0.382 e. The molecule has 1 atom stereocenters. The van der Waals surface area contributed by atoms with Crippen LogP contribution in [0.4, 0.5) is 13.2 Å². The van der Waals surface area contributed by atoms with Crippen LogP contribution in [-0.2, 0) is 13.1 Å². The van der Waals surface area contributed by atoms with Crippen molar-refractivity contribution in [3.05, 3.63) is 39.8 Å². The summed E-state index contributed by atoms with van der Waals surface area (Å²) in [5.41, 5.74) is -0.254. The summed E-state index contributed by atoms with van der Waals surface area (Å²) in [5.74, 6) is 0.0587. The summed E-state index contributed by atoms with van der Waals surface area (Å²) in [6.45, 7) is 1.18.